The Morgan fingerprint density at radius 3 is 2.17 bits per heavy atom. The number of anilines is 2. The van der Waals surface area contributed by atoms with Crippen molar-refractivity contribution >= 4 is 23.2 Å². The lowest BCUT2D eigenvalue weighted by Gasteiger charge is -2.37. The monoisotopic (exact) mass is 399 g/mol. The number of benzene rings is 2. The highest BCUT2D eigenvalue weighted by Gasteiger charge is 2.24. The van der Waals surface area contributed by atoms with Crippen LogP contribution in [0.15, 0.2) is 48.5 Å². The van der Waals surface area contributed by atoms with Crippen LogP contribution in [0.3, 0.4) is 0 Å². The van der Waals surface area contributed by atoms with E-state index in [-0.39, 0.29) is 24.2 Å². The van der Waals surface area contributed by atoms with Gasteiger partial charge < -0.3 is 19.4 Å². The molecule has 0 atom stereocenters. The Balaban J connectivity index is 1.59. The molecule has 0 aromatic heterocycles. The van der Waals surface area contributed by atoms with Gasteiger partial charge in [-0.05, 0) is 55.5 Å². The fourth-order valence-electron chi connectivity index (χ4n) is 3.37. The summed E-state index contributed by atoms with van der Waals surface area (Å²) in [4.78, 5) is 30.3. The number of ether oxygens (including phenoxy) is 1. The lowest BCUT2D eigenvalue weighted by atomic mass is 10.2. The molecule has 0 spiro atoms. The maximum Gasteiger partial charge on any atom is 0.242 e. The predicted molar refractivity (Wildman–Crippen MR) is 111 cm³/mol. The van der Waals surface area contributed by atoms with E-state index in [1.165, 1.54) is 24.0 Å². The van der Waals surface area contributed by atoms with Crippen molar-refractivity contribution in [3.05, 3.63) is 54.3 Å². The van der Waals surface area contributed by atoms with E-state index in [2.05, 4.69) is 4.90 Å². The highest BCUT2D eigenvalue weighted by molar-refractivity contribution is 5.97. The molecule has 6 nitrogen and oxygen atoms in total. The van der Waals surface area contributed by atoms with E-state index >= 15 is 0 Å². The number of hydrogen-bond acceptors (Lipinski definition) is 4. The number of piperazine rings is 1. The van der Waals surface area contributed by atoms with E-state index in [9.17, 15) is 14.0 Å². The van der Waals surface area contributed by atoms with Gasteiger partial charge in [0.1, 0.15) is 18.1 Å². The first kappa shape index (κ1) is 20.6. The number of nitrogens with zero attached hydrogens (tertiary/aromatic N) is 3. The lowest BCUT2D eigenvalue weighted by molar-refractivity contribution is -0.131. The lowest BCUT2D eigenvalue weighted by Crippen LogP contribution is -2.51. The molecule has 0 saturated carbocycles. The average molecular weight is 399 g/mol. The standard InChI is InChI=1S/C22H26FN3O3/c1-3-29-21-10-8-20(9-11-21)26(17(2)27)16-22(28)25-14-12-24(13-15-25)19-6-4-18(23)5-7-19/h4-11H,3,12-16H2,1-2H3. The Hall–Kier alpha value is -3.09. The molecule has 2 aromatic rings. The van der Waals surface area contributed by atoms with Crippen LogP contribution >= 0.6 is 0 Å². The Morgan fingerprint density at radius 1 is 1.00 bits per heavy atom. The molecule has 0 unspecified atom stereocenters. The van der Waals surface area contributed by atoms with Crippen molar-refractivity contribution in [2.24, 2.45) is 0 Å². The van der Waals surface area contributed by atoms with Crippen molar-refractivity contribution in [1.82, 2.24) is 4.90 Å². The van der Waals surface area contributed by atoms with Crippen LogP contribution in [-0.2, 0) is 9.59 Å². The number of carbonyl (C=O) groups is 2. The summed E-state index contributed by atoms with van der Waals surface area (Å²) in [6.45, 7) is 6.38. The largest absolute Gasteiger partial charge is 0.494 e. The molecule has 2 aromatic carbocycles. The second-order valence-corrected chi connectivity index (χ2v) is 6.88. The molecule has 3 rings (SSSR count). The van der Waals surface area contributed by atoms with Crippen LogP contribution in [0.2, 0.25) is 0 Å². The zero-order chi connectivity index (χ0) is 20.8. The molecule has 1 heterocycles. The van der Waals surface area contributed by atoms with Crippen LogP contribution in [0, 0.1) is 5.82 Å². The third kappa shape index (κ3) is 5.25. The normalized spacial score (nSPS) is 13.9. The Kier molecular flexibility index (Phi) is 6.69. The van der Waals surface area contributed by atoms with E-state index in [1.54, 1.807) is 41.3 Å². The molecule has 0 aliphatic carbocycles. The molecule has 0 radical (unpaired) electrons. The number of hydrogen-bond donors (Lipinski definition) is 0. The summed E-state index contributed by atoms with van der Waals surface area (Å²) in [6, 6.07) is 13.5. The topological polar surface area (TPSA) is 53.1 Å². The minimum atomic E-state index is -0.263. The number of carbonyl (C=O) groups excluding carboxylic acids is 2. The summed E-state index contributed by atoms with van der Waals surface area (Å²) < 4.78 is 18.5. The Labute approximate surface area is 170 Å². The first-order valence-electron chi connectivity index (χ1n) is 9.77. The zero-order valence-corrected chi connectivity index (χ0v) is 16.8. The quantitative estimate of drug-likeness (QED) is 0.750. The van der Waals surface area contributed by atoms with Gasteiger partial charge in [-0.2, -0.15) is 0 Å². The van der Waals surface area contributed by atoms with E-state index in [1.807, 2.05) is 6.92 Å². The van der Waals surface area contributed by atoms with Gasteiger partial charge in [-0.25, -0.2) is 4.39 Å². The minimum absolute atomic E-state index is 0.000136. The van der Waals surface area contributed by atoms with Crippen LogP contribution in [0.5, 0.6) is 5.75 Å². The van der Waals surface area contributed by atoms with Gasteiger partial charge in [-0.1, -0.05) is 0 Å². The van der Waals surface area contributed by atoms with Gasteiger partial charge >= 0.3 is 0 Å². The molecule has 7 heteroatoms. The van der Waals surface area contributed by atoms with Crippen molar-refractivity contribution in [3.8, 4) is 5.75 Å². The van der Waals surface area contributed by atoms with Crippen LogP contribution < -0.4 is 14.5 Å². The van der Waals surface area contributed by atoms with Gasteiger partial charge in [0.25, 0.3) is 0 Å². The smallest absolute Gasteiger partial charge is 0.242 e. The summed E-state index contributed by atoms with van der Waals surface area (Å²) in [5, 5.41) is 0. The van der Waals surface area contributed by atoms with Crippen molar-refractivity contribution < 1.29 is 18.7 Å². The van der Waals surface area contributed by atoms with Crippen LogP contribution in [0.4, 0.5) is 15.8 Å². The molecule has 0 bridgehead atoms. The molecular weight excluding hydrogens is 373 g/mol. The predicted octanol–water partition coefficient (Wildman–Crippen LogP) is 2.93. The van der Waals surface area contributed by atoms with Crippen LogP contribution in [-0.4, -0.2) is 56.0 Å². The third-order valence-corrected chi connectivity index (χ3v) is 4.96. The van der Waals surface area contributed by atoms with Gasteiger partial charge in [0, 0.05) is 44.5 Å². The van der Waals surface area contributed by atoms with Gasteiger partial charge in [0.15, 0.2) is 0 Å². The maximum absolute atomic E-state index is 13.1. The van der Waals surface area contributed by atoms with E-state index < -0.39 is 0 Å². The molecule has 1 fully saturated rings. The zero-order valence-electron chi connectivity index (χ0n) is 16.8. The van der Waals surface area contributed by atoms with Gasteiger partial charge in [0.2, 0.25) is 11.8 Å². The molecular formula is C22H26FN3O3. The fraction of sp³-hybridized carbons (Fsp3) is 0.364. The first-order valence-corrected chi connectivity index (χ1v) is 9.77. The minimum Gasteiger partial charge on any atom is -0.494 e. The molecule has 2 amide bonds. The number of rotatable bonds is 6. The van der Waals surface area contributed by atoms with Gasteiger partial charge in [-0.15, -0.1) is 0 Å². The molecule has 1 aliphatic rings. The maximum atomic E-state index is 13.1. The first-order chi connectivity index (χ1) is 14.0. The summed E-state index contributed by atoms with van der Waals surface area (Å²) in [5.41, 5.74) is 1.61. The molecule has 1 aliphatic heterocycles. The molecule has 0 N–H and O–H groups in total. The summed E-state index contributed by atoms with van der Waals surface area (Å²) in [6.07, 6.45) is 0. The van der Waals surface area contributed by atoms with Crippen molar-refractivity contribution in [1.29, 1.82) is 0 Å². The summed E-state index contributed by atoms with van der Waals surface area (Å²) >= 11 is 0. The molecule has 154 valence electrons. The van der Waals surface area contributed by atoms with Crippen LogP contribution in [0.1, 0.15) is 13.8 Å². The fourth-order valence-corrected chi connectivity index (χ4v) is 3.37. The number of amides is 2. The number of halogens is 1. The molecule has 1 saturated heterocycles. The summed E-state index contributed by atoms with van der Waals surface area (Å²) in [5.74, 6) is 0.185. The van der Waals surface area contributed by atoms with Crippen molar-refractivity contribution in [2.75, 3.05) is 49.1 Å². The highest BCUT2D eigenvalue weighted by Crippen LogP contribution is 2.21. The van der Waals surface area contributed by atoms with Gasteiger partial charge in [-0.3, -0.25) is 9.59 Å². The highest BCUT2D eigenvalue weighted by atomic mass is 19.1. The Morgan fingerprint density at radius 2 is 1.62 bits per heavy atom. The van der Waals surface area contributed by atoms with Gasteiger partial charge in [0.05, 0.1) is 6.61 Å². The summed E-state index contributed by atoms with van der Waals surface area (Å²) in [7, 11) is 0. The molecule has 29 heavy (non-hydrogen) atoms. The second kappa shape index (κ2) is 9.41. The average Bonchev–Trinajstić information content (AvgIpc) is 2.73. The Bertz CT molecular complexity index is 831. The van der Waals surface area contributed by atoms with Crippen molar-refractivity contribution in [2.45, 2.75) is 13.8 Å². The van der Waals surface area contributed by atoms with Crippen LogP contribution in [0.25, 0.3) is 0 Å². The van der Waals surface area contributed by atoms with E-state index in [0.717, 1.165) is 11.4 Å². The second-order valence-electron chi connectivity index (χ2n) is 6.88. The van der Waals surface area contributed by atoms with E-state index in [4.69, 9.17) is 4.74 Å². The SMILES string of the molecule is CCOc1ccc(N(CC(=O)N2CCN(c3ccc(F)cc3)CC2)C(C)=O)cc1. The van der Waals surface area contributed by atoms with Crippen molar-refractivity contribution in [3.63, 3.8) is 0 Å². The van der Waals surface area contributed by atoms with E-state index in [0.29, 0.717) is 38.5 Å². The third-order valence-electron chi connectivity index (χ3n) is 4.96.